The molecule has 1 aromatic heterocycles. The number of nitrogens with zero attached hydrogens (tertiary/aromatic N) is 1. The Balaban J connectivity index is 2.09. The van der Waals surface area contributed by atoms with Crippen LogP contribution in [0.4, 0.5) is 0 Å². The molecule has 0 bridgehead atoms. The summed E-state index contributed by atoms with van der Waals surface area (Å²) in [5.41, 5.74) is 2.34. The summed E-state index contributed by atoms with van der Waals surface area (Å²) in [7, 11) is 1.64. The topological polar surface area (TPSA) is 55.0 Å². The summed E-state index contributed by atoms with van der Waals surface area (Å²) in [4.78, 5) is 19.5. The van der Waals surface area contributed by atoms with E-state index in [1.807, 2.05) is 31.2 Å². The Labute approximate surface area is 111 Å². The summed E-state index contributed by atoms with van der Waals surface area (Å²) in [5.74, 6) is 2.06. The molecular weight excluding hydrogens is 240 g/mol. The molecule has 1 N–H and O–H groups in total. The van der Waals surface area contributed by atoms with Gasteiger partial charge in [-0.1, -0.05) is 0 Å². The molecule has 1 aliphatic rings. The molecule has 19 heavy (non-hydrogen) atoms. The number of ether oxygens (including phenoxy) is 1. The highest BCUT2D eigenvalue weighted by Crippen LogP contribution is 2.38. The monoisotopic (exact) mass is 256 g/mol. The number of aromatic nitrogens is 2. The number of H-pyrrole nitrogens is 1. The summed E-state index contributed by atoms with van der Waals surface area (Å²) >= 11 is 0. The van der Waals surface area contributed by atoms with Gasteiger partial charge in [0.15, 0.2) is 0 Å². The Morgan fingerprint density at radius 2 is 1.95 bits per heavy atom. The van der Waals surface area contributed by atoms with Gasteiger partial charge in [-0.05, 0) is 44.0 Å². The highest BCUT2D eigenvalue weighted by atomic mass is 16.5. The molecule has 98 valence electrons. The van der Waals surface area contributed by atoms with Crippen molar-refractivity contribution >= 4 is 0 Å². The van der Waals surface area contributed by atoms with Crippen molar-refractivity contribution in [1.29, 1.82) is 0 Å². The molecule has 0 atom stereocenters. The third-order valence-electron chi connectivity index (χ3n) is 3.50. The average Bonchev–Trinajstić information content (AvgIpc) is 3.26. The van der Waals surface area contributed by atoms with Crippen molar-refractivity contribution < 1.29 is 4.74 Å². The Morgan fingerprint density at radius 3 is 2.53 bits per heavy atom. The second-order valence-electron chi connectivity index (χ2n) is 4.93. The van der Waals surface area contributed by atoms with Crippen LogP contribution in [0.5, 0.6) is 5.75 Å². The van der Waals surface area contributed by atoms with Crippen molar-refractivity contribution in [3.63, 3.8) is 0 Å². The van der Waals surface area contributed by atoms with Gasteiger partial charge in [0.05, 0.1) is 12.8 Å². The number of benzene rings is 1. The van der Waals surface area contributed by atoms with E-state index in [1.165, 1.54) is 0 Å². The zero-order chi connectivity index (χ0) is 13.4. The van der Waals surface area contributed by atoms with E-state index in [2.05, 4.69) is 9.97 Å². The molecule has 1 heterocycles. The lowest BCUT2D eigenvalue weighted by molar-refractivity contribution is 0.415. The second-order valence-corrected chi connectivity index (χ2v) is 4.93. The van der Waals surface area contributed by atoms with E-state index in [4.69, 9.17) is 4.74 Å². The standard InChI is InChI=1S/C15H16N2O2/c1-9-13(10-5-7-12(19-2)8-6-10)16-14(11-3-4-11)17-15(9)18/h5-8,11H,3-4H2,1-2H3,(H,16,17,18). The van der Waals surface area contributed by atoms with Crippen LogP contribution in [-0.2, 0) is 0 Å². The fourth-order valence-electron chi connectivity index (χ4n) is 2.13. The maximum absolute atomic E-state index is 12.0. The van der Waals surface area contributed by atoms with Gasteiger partial charge in [0, 0.05) is 17.0 Å². The maximum atomic E-state index is 12.0. The molecule has 0 radical (unpaired) electrons. The van der Waals surface area contributed by atoms with Crippen molar-refractivity contribution in [1.82, 2.24) is 9.97 Å². The molecule has 1 aliphatic carbocycles. The lowest BCUT2D eigenvalue weighted by Gasteiger charge is -2.08. The number of nitrogens with one attached hydrogen (secondary N) is 1. The van der Waals surface area contributed by atoms with E-state index in [1.54, 1.807) is 7.11 Å². The number of aromatic amines is 1. The molecule has 0 aliphatic heterocycles. The van der Waals surface area contributed by atoms with Crippen LogP contribution in [0.15, 0.2) is 29.1 Å². The fourth-order valence-corrected chi connectivity index (χ4v) is 2.13. The molecule has 3 rings (SSSR count). The van der Waals surface area contributed by atoms with Gasteiger partial charge < -0.3 is 9.72 Å². The van der Waals surface area contributed by atoms with Gasteiger partial charge in [-0.2, -0.15) is 0 Å². The van der Waals surface area contributed by atoms with E-state index >= 15 is 0 Å². The summed E-state index contributed by atoms with van der Waals surface area (Å²) in [6, 6.07) is 7.64. The second kappa shape index (κ2) is 4.53. The van der Waals surface area contributed by atoms with Crippen LogP contribution in [0.2, 0.25) is 0 Å². The Hall–Kier alpha value is -2.10. The van der Waals surface area contributed by atoms with Crippen molar-refractivity contribution in [2.45, 2.75) is 25.7 Å². The zero-order valence-corrected chi connectivity index (χ0v) is 11.1. The predicted molar refractivity (Wildman–Crippen MR) is 73.6 cm³/mol. The third-order valence-corrected chi connectivity index (χ3v) is 3.50. The number of methoxy groups -OCH3 is 1. The molecule has 4 nitrogen and oxygen atoms in total. The highest BCUT2D eigenvalue weighted by molar-refractivity contribution is 5.63. The Bertz CT molecular complexity index is 655. The molecule has 0 amide bonds. The first-order chi connectivity index (χ1) is 9.19. The molecular formula is C15H16N2O2. The molecule has 1 aromatic carbocycles. The van der Waals surface area contributed by atoms with Gasteiger partial charge in [0.2, 0.25) is 0 Å². The quantitative estimate of drug-likeness (QED) is 0.918. The average molecular weight is 256 g/mol. The van der Waals surface area contributed by atoms with Crippen molar-refractivity contribution in [2.24, 2.45) is 0 Å². The minimum absolute atomic E-state index is 0.0391. The zero-order valence-electron chi connectivity index (χ0n) is 11.1. The molecule has 0 unspecified atom stereocenters. The van der Waals surface area contributed by atoms with Crippen LogP contribution in [0.3, 0.4) is 0 Å². The largest absolute Gasteiger partial charge is 0.497 e. The van der Waals surface area contributed by atoms with Crippen molar-refractivity contribution in [3.8, 4) is 17.0 Å². The first kappa shape index (κ1) is 12.0. The summed E-state index contributed by atoms with van der Waals surface area (Å²) in [6.45, 7) is 1.81. The number of hydrogen-bond donors (Lipinski definition) is 1. The predicted octanol–water partition coefficient (Wildman–Crippen LogP) is 2.63. The van der Waals surface area contributed by atoms with Gasteiger partial charge in [-0.3, -0.25) is 4.79 Å². The normalized spacial score (nSPS) is 14.4. The molecule has 1 saturated carbocycles. The summed E-state index contributed by atoms with van der Waals surface area (Å²) in [5, 5.41) is 0. The van der Waals surface area contributed by atoms with Crippen LogP contribution in [-0.4, -0.2) is 17.1 Å². The Morgan fingerprint density at radius 1 is 1.26 bits per heavy atom. The summed E-state index contributed by atoms with van der Waals surface area (Å²) in [6.07, 6.45) is 2.24. The lowest BCUT2D eigenvalue weighted by Crippen LogP contribution is -2.15. The van der Waals surface area contributed by atoms with Crippen molar-refractivity contribution in [3.05, 3.63) is 46.0 Å². The SMILES string of the molecule is COc1ccc(-c2nc(C3CC3)[nH]c(=O)c2C)cc1. The van der Waals surface area contributed by atoms with Crippen LogP contribution >= 0.6 is 0 Å². The molecule has 0 spiro atoms. The Kier molecular flexibility index (Phi) is 2.85. The lowest BCUT2D eigenvalue weighted by atomic mass is 10.1. The minimum Gasteiger partial charge on any atom is -0.497 e. The highest BCUT2D eigenvalue weighted by Gasteiger charge is 2.27. The molecule has 1 fully saturated rings. The first-order valence-corrected chi connectivity index (χ1v) is 6.44. The van der Waals surface area contributed by atoms with Gasteiger partial charge in [-0.25, -0.2) is 4.98 Å². The van der Waals surface area contributed by atoms with E-state index < -0.39 is 0 Å². The molecule has 4 heteroatoms. The third kappa shape index (κ3) is 2.26. The first-order valence-electron chi connectivity index (χ1n) is 6.44. The van der Waals surface area contributed by atoms with Gasteiger partial charge in [0.25, 0.3) is 5.56 Å². The van der Waals surface area contributed by atoms with E-state index in [9.17, 15) is 4.79 Å². The van der Waals surface area contributed by atoms with Crippen LogP contribution in [0.1, 0.15) is 30.1 Å². The van der Waals surface area contributed by atoms with Crippen LogP contribution in [0.25, 0.3) is 11.3 Å². The number of hydrogen-bond acceptors (Lipinski definition) is 3. The van der Waals surface area contributed by atoms with Gasteiger partial charge in [-0.15, -0.1) is 0 Å². The fraction of sp³-hybridized carbons (Fsp3) is 0.333. The van der Waals surface area contributed by atoms with E-state index in [0.29, 0.717) is 11.5 Å². The molecule has 2 aromatic rings. The van der Waals surface area contributed by atoms with Crippen LogP contribution < -0.4 is 10.3 Å². The summed E-state index contributed by atoms with van der Waals surface area (Å²) < 4.78 is 5.14. The van der Waals surface area contributed by atoms with E-state index in [-0.39, 0.29) is 5.56 Å². The number of rotatable bonds is 3. The minimum atomic E-state index is -0.0391. The van der Waals surface area contributed by atoms with E-state index in [0.717, 1.165) is 35.7 Å². The van der Waals surface area contributed by atoms with Crippen molar-refractivity contribution in [2.75, 3.05) is 7.11 Å². The molecule has 0 saturated heterocycles. The smallest absolute Gasteiger partial charge is 0.254 e. The van der Waals surface area contributed by atoms with Crippen LogP contribution in [0, 0.1) is 6.92 Å². The maximum Gasteiger partial charge on any atom is 0.254 e. The van der Waals surface area contributed by atoms with Gasteiger partial charge >= 0.3 is 0 Å². The van der Waals surface area contributed by atoms with Gasteiger partial charge in [0.1, 0.15) is 11.6 Å².